The third-order valence-electron chi connectivity index (χ3n) is 3.34. The molecule has 0 N–H and O–H groups in total. The molecule has 20 heavy (non-hydrogen) atoms. The maximum absolute atomic E-state index is 12.6. The van der Waals surface area contributed by atoms with E-state index in [-0.39, 0.29) is 4.90 Å². The third-order valence-corrected chi connectivity index (χ3v) is 6.75. The van der Waals surface area contributed by atoms with Gasteiger partial charge >= 0.3 is 0 Å². The Bertz CT molecular complexity index is 588. The molecule has 1 saturated heterocycles. The zero-order valence-corrected chi connectivity index (χ0v) is 13.8. The van der Waals surface area contributed by atoms with Gasteiger partial charge in [-0.05, 0) is 12.5 Å². The van der Waals surface area contributed by atoms with E-state index in [0.29, 0.717) is 30.5 Å². The molecule has 0 atom stereocenters. The van der Waals surface area contributed by atoms with E-state index in [2.05, 4.69) is 0 Å². The van der Waals surface area contributed by atoms with E-state index in [1.165, 1.54) is 4.31 Å². The minimum absolute atomic E-state index is 0.286. The van der Waals surface area contributed by atoms with Crippen LogP contribution >= 0.6 is 11.6 Å². The Kier molecular flexibility index (Phi) is 5.28. The molecular weight excluding hydrogens is 320 g/mol. The summed E-state index contributed by atoms with van der Waals surface area (Å²) in [5, 5.41) is 0. The van der Waals surface area contributed by atoms with E-state index in [1.54, 1.807) is 12.3 Å². The summed E-state index contributed by atoms with van der Waals surface area (Å²) in [5.41, 5.74) is 0.813. The maximum atomic E-state index is 12.6. The minimum atomic E-state index is -3.50. The van der Waals surface area contributed by atoms with Gasteiger partial charge in [-0.1, -0.05) is 6.92 Å². The average molecular weight is 339 g/mol. The molecule has 1 aromatic heterocycles. The van der Waals surface area contributed by atoms with Crippen molar-refractivity contribution in [2.24, 2.45) is 0 Å². The second-order valence-electron chi connectivity index (χ2n) is 4.75. The van der Waals surface area contributed by atoms with Crippen molar-refractivity contribution < 1.29 is 12.6 Å². The summed E-state index contributed by atoms with van der Waals surface area (Å²) in [7, 11) is -4.38. The van der Waals surface area contributed by atoms with Gasteiger partial charge in [0.1, 0.15) is 4.90 Å². The van der Waals surface area contributed by atoms with Gasteiger partial charge in [0.2, 0.25) is 10.0 Å². The van der Waals surface area contributed by atoms with Crippen molar-refractivity contribution in [1.29, 1.82) is 0 Å². The predicted molar refractivity (Wildman–Crippen MR) is 80.9 cm³/mol. The summed E-state index contributed by atoms with van der Waals surface area (Å²) in [6, 6.07) is 1.64. The van der Waals surface area contributed by atoms with Crippen LogP contribution in [0.4, 0.5) is 0 Å². The van der Waals surface area contributed by atoms with Crippen LogP contribution in [0.15, 0.2) is 17.2 Å². The van der Waals surface area contributed by atoms with Gasteiger partial charge in [0.15, 0.2) is 0 Å². The first-order valence-corrected chi connectivity index (χ1v) is 10.1. The molecule has 0 bridgehead atoms. The Morgan fingerprint density at radius 1 is 1.35 bits per heavy atom. The van der Waals surface area contributed by atoms with E-state index in [0.717, 1.165) is 18.7 Å². The number of sulfonamides is 1. The molecule has 0 saturated carbocycles. The molecule has 0 amide bonds. The monoisotopic (exact) mass is 338 g/mol. The number of aryl methyl sites for hydroxylation is 1. The lowest BCUT2D eigenvalue weighted by atomic mass is 10.4. The summed E-state index contributed by atoms with van der Waals surface area (Å²) in [6.45, 7) is 3.43. The Morgan fingerprint density at radius 2 is 2.00 bits per heavy atom. The molecule has 1 aliphatic rings. The Labute approximate surface area is 127 Å². The van der Waals surface area contributed by atoms with Crippen molar-refractivity contribution in [2.45, 2.75) is 30.7 Å². The van der Waals surface area contributed by atoms with Crippen molar-refractivity contribution in [3.8, 4) is 0 Å². The first-order valence-electron chi connectivity index (χ1n) is 6.59. The van der Waals surface area contributed by atoms with E-state index >= 15 is 0 Å². The zero-order chi connectivity index (χ0) is 14.8. The topological polar surface area (TPSA) is 59.4 Å². The quantitative estimate of drug-likeness (QED) is 0.762. The highest BCUT2D eigenvalue weighted by molar-refractivity contribution is 7.89. The van der Waals surface area contributed by atoms with E-state index < -0.39 is 20.8 Å². The third kappa shape index (κ3) is 3.27. The summed E-state index contributed by atoms with van der Waals surface area (Å²) in [4.78, 5) is 0.286. The van der Waals surface area contributed by atoms with Gasteiger partial charge in [0.05, 0.1) is 5.88 Å². The summed E-state index contributed by atoms with van der Waals surface area (Å²) in [6.07, 6.45) is 2.57. The summed E-state index contributed by atoms with van der Waals surface area (Å²) < 4.78 is 39.7. The molecule has 0 aromatic carbocycles. The van der Waals surface area contributed by atoms with Crippen LogP contribution in [0.2, 0.25) is 0 Å². The van der Waals surface area contributed by atoms with E-state index in [1.807, 2.05) is 11.5 Å². The number of halogens is 1. The van der Waals surface area contributed by atoms with Crippen LogP contribution in [0, 0.1) is 0 Å². The fraction of sp³-hybridized carbons (Fsp3) is 0.667. The highest BCUT2D eigenvalue weighted by Gasteiger charge is 2.29. The number of rotatable bonds is 5. The highest BCUT2D eigenvalue weighted by Crippen LogP contribution is 2.21. The first-order chi connectivity index (χ1) is 9.48. The van der Waals surface area contributed by atoms with Gasteiger partial charge in [-0.3, -0.25) is 4.21 Å². The van der Waals surface area contributed by atoms with Crippen LogP contribution < -0.4 is 0 Å². The van der Waals surface area contributed by atoms with Crippen LogP contribution in [0.25, 0.3) is 0 Å². The second-order valence-corrected chi connectivity index (χ2v) is 8.65. The number of hydrogen-bond acceptors (Lipinski definition) is 3. The number of alkyl halides is 1. The summed E-state index contributed by atoms with van der Waals surface area (Å²) in [5.74, 6) is 1.12. The first kappa shape index (κ1) is 16.0. The predicted octanol–water partition coefficient (Wildman–Crippen LogP) is 1.39. The standard InChI is InChI=1S/C12H19ClN2O3S2/c1-2-3-14-10-12(8-11(14)9-13)20(17,18)15-4-6-19(16)7-5-15/h8,10H,2-7,9H2,1H3. The van der Waals surface area contributed by atoms with Crippen LogP contribution in [-0.2, 0) is 33.2 Å². The zero-order valence-electron chi connectivity index (χ0n) is 11.4. The van der Waals surface area contributed by atoms with Gasteiger partial charge < -0.3 is 4.57 Å². The van der Waals surface area contributed by atoms with E-state index in [9.17, 15) is 12.6 Å². The number of nitrogens with zero attached hydrogens (tertiary/aromatic N) is 2. The lowest BCUT2D eigenvalue weighted by molar-refractivity contribution is 0.438. The Morgan fingerprint density at radius 3 is 2.55 bits per heavy atom. The van der Waals surface area contributed by atoms with Crippen LogP contribution in [0.1, 0.15) is 19.0 Å². The Balaban J connectivity index is 2.27. The smallest absolute Gasteiger partial charge is 0.244 e. The van der Waals surface area contributed by atoms with E-state index in [4.69, 9.17) is 11.6 Å². The van der Waals surface area contributed by atoms with Crippen LogP contribution in [-0.4, -0.2) is 46.1 Å². The van der Waals surface area contributed by atoms with Gasteiger partial charge in [-0.25, -0.2) is 8.42 Å². The molecule has 5 nitrogen and oxygen atoms in total. The van der Waals surface area contributed by atoms with Crippen molar-refractivity contribution in [1.82, 2.24) is 8.87 Å². The van der Waals surface area contributed by atoms with Crippen LogP contribution in [0.5, 0.6) is 0 Å². The molecule has 1 aromatic rings. The normalized spacial score (nSPS) is 18.5. The van der Waals surface area contributed by atoms with Gasteiger partial charge in [0, 0.05) is 53.8 Å². The molecule has 8 heteroatoms. The van der Waals surface area contributed by atoms with Crippen molar-refractivity contribution in [3.63, 3.8) is 0 Å². The fourth-order valence-electron chi connectivity index (χ4n) is 2.24. The number of aromatic nitrogens is 1. The lowest BCUT2D eigenvalue weighted by Gasteiger charge is -2.24. The molecule has 1 fully saturated rings. The summed E-state index contributed by atoms with van der Waals surface area (Å²) >= 11 is 5.87. The fourth-order valence-corrected chi connectivity index (χ4v) is 5.26. The van der Waals surface area contributed by atoms with Gasteiger partial charge in [-0.15, -0.1) is 11.6 Å². The lowest BCUT2D eigenvalue weighted by Crippen LogP contribution is -2.41. The van der Waals surface area contributed by atoms with Crippen molar-refractivity contribution in [3.05, 3.63) is 18.0 Å². The molecule has 0 unspecified atom stereocenters. The highest BCUT2D eigenvalue weighted by atomic mass is 35.5. The number of hydrogen-bond donors (Lipinski definition) is 0. The molecule has 2 rings (SSSR count). The average Bonchev–Trinajstić information content (AvgIpc) is 2.83. The molecule has 0 radical (unpaired) electrons. The van der Waals surface area contributed by atoms with Crippen molar-refractivity contribution >= 4 is 32.4 Å². The largest absolute Gasteiger partial charge is 0.349 e. The van der Waals surface area contributed by atoms with Crippen molar-refractivity contribution in [2.75, 3.05) is 24.6 Å². The molecule has 0 aliphatic carbocycles. The molecular formula is C12H19ClN2O3S2. The van der Waals surface area contributed by atoms with Crippen LogP contribution in [0.3, 0.4) is 0 Å². The van der Waals surface area contributed by atoms with Gasteiger partial charge in [-0.2, -0.15) is 4.31 Å². The maximum Gasteiger partial charge on any atom is 0.244 e. The molecule has 0 spiro atoms. The minimum Gasteiger partial charge on any atom is -0.349 e. The molecule has 114 valence electrons. The Hall–Kier alpha value is -0.370. The second kappa shape index (κ2) is 6.60. The molecule has 2 heterocycles. The van der Waals surface area contributed by atoms with Gasteiger partial charge in [0.25, 0.3) is 0 Å². The molecule has 1 aliphatic heterocycles. The SMILES string of the molecule is CCCn1cc(S(=O)(=O)N2CCS(=O)CC2)cc1CCl.